The number of likely N-dealkylation sites (tertiary alicyclic amines) is 2. The van der Waals surface area contributed by atoms with Crippen LogP contribution in [-0.2, 0) is 0 Å². The van der Waals surface area contributed by atoms with Gasteiger partial charge in [0.05, 0.1) is 6.04 Å². The highest BCUT2D eigenvalue weighted by Gasteiger charge is 2.47. The standard InChI is InChI=1S/C18H23N5O2/c1-13-20-16(25-21-13)15-11-18(12-22(15)2)6-9-23(10-7-18)17(24)14-5-3-4-8-19-14/h3-5,8,15H,6-7,9-12H2,1-2H3. The third kappa shape index (κ3) is 3.04. The van der Waals surface area contributed by atoms with Crippen LogP contribution in [0, 0.1) is 12.3 Å². The highest BCUT2D eigenvalue weighted by molar-refractivity contribution is 5.92. The van der Waals surface area contributed by atoms with Gasteiger partial charge in [-0.15, -0.1) is 0 Å². The molecule has 25 heavy (non-hydrogen) atoms. The monoisotopic (exact) mass is 341 g/mol. The van der Waals surface area contributed by atoms with E-state index >= 15 is 0 Å². The number of carbonyl (C=O) groups is 1. The van der Waals surface area contributed by atoms with Crippen LogP contribution in [0.3, 0.4) is 0 Å². The zero-order valence-electron chi connectivity index (χ0n) is 14.7. The molecule has 2 aromatic rings. The van der Waals surface area contributed by atoms with Crippen LogP contribution in [0.1, 0.15) is 47.5 Å². The topological polar surface area (TPSA) is 75.4 Å². The van der Waals surface area contributed by atoms with E-state index in [2.05, 4.69) is 27.1 Å². The number of carbonyl (C=O) groups excluding carboxylic acids is 1. The molecule has 0 N–H and O–H groups in total. The van der Waals surface area contributed by atoms with Gasteiger partial charge in [-0.3, -0.25) is 14.7 Å². The molecule has 2 aromatic heterocycles. The lowest BCUT2D eigenvalue weighted by atomic mass is 9.76. The maximum atomic E-state index is 12.6. The van der Waals surface area contributed by atoms with Crippen molar-refractivity contribution in [2.75, 3.05) is 26.7 Å². The first-order chi connectivity index (χ1) is 12.1. The number of pyridine rings is 1. The van der Waals surface area contributed by atoms with Gasteiger partial charge in [-0.05, 0) is 50.8 Å². The first kappa shape index (κ1) is 16.2. The first-order valence-electron chi connectivity index (χ1n) is 8.77. The minimum atomic E-state index is 0.0332. The van der Waals surface area contributed by atoms with Gasteiger partial charge >= 0.3 is 0 Å². The van der Waals surface area contributed by atoms with Crippen LogP contribution in [0.2, 0.25) is 0 Å². The van der Waals surface area contributed by atoms with Crippen molar-refractivity contribution in [3.05, 3.63) is 41.8 Å². The smallest absolute Gasteiger partial charge is 0.272 e. The van der Waals surface area contributed by atoms with Gasteiger partial charge in [0.15, 0.2) is 5.82 Å². The van der Waals surface area contributed by atoms with Crippen molar-refractivity contribution in [1.29, 1.82) is 0 Å². The average molecular weight is 341 g/mol. The second-order valence-corrected chi connectivity index (χ2v) is 7.32. The maximum Gasteiger partial charge on any atom is 0.272 e. The Morgan fingerprint density at radius 3 is 2.76 bits per heavy atom. The first-order valence-corrected chi connectivity index (χ1v) is 8.77. The molecule has 0 saturated carbocycles. The molecular weight excluding hydrogens is 318 g/mol. The zero-order valence-corrected chi connectivity index (χ0v) is 14.7. The lowest BCUT2D eigenvalue weighted by Crippen LogP contribution is -2.44. The minimum Gasteiger partial charge on any atom is -0.338 e. The number of hydrogen-bond acceptors (Lipinski definition) is 6. The van der Waals surface area contributed by atoms with Crippen molar-refractivity contribution >= 4 is 5.91 Å². The Balaban J connectivity index is 1.42. The van der Waals surface area contributed by atoms with Crippen LogP contribution in [-0.4, -0.2) is 57.5 Å². The molecule has 4 rings (SSSR count). The van der Waals surface area contributed by atoms with Crippen LogP contribution in [0.4, 0.5) is 0 Å². The van der Waals surface area contributed by atoms with E-state index in [1.165, 1.54) is 0 Å². The van der Waals surface area contributed by atoms with Crippen LogP contribution in [0.5, 0.6) is 0 Å². The Bertz CT molecular complexity index is 752. The molecule has 1 unspecified atom stereocenters. The lowest BCUT2D eigenvalue weighted by molar-refractivity contribution is 0.0587. The molecule has 0 radical (unpaired) electrons. The quantitative estimate of drug-likeness (QED) is 0.832. The molecule has 4 heterocycles. The summed E-state index contributed by atoms with van der Waals surface area (Å²) in [7, 11) is 2.12. The normalized spacial score (nSPS) is 23.3. The second kappa shape index (κ2) is 6.22. The summed E-state index contributed by atoms with van der Waals surface area (Å²) in [6.45, 7) is 4.40. The molecule has 132 valence electrons. The summed E-state index contributed by atoms with van der Waals surface area (Å²) in [5.74, 6) is 1.43. The van der Waals surface area contributed by atoms with Gasteiger partial charge in [0.25, 0.3) is 5.91 Å². The highest BCUT2D eigenvalue weighted by atomic mass is 16.5. The molecular formula is C18H23N5O2. The SMILES string of the molecule is Cc1noc(C2CC3(CCN(C(=O)c4ccccn4)CC3)CN2C)n1. The van der Waals surface area contributed by atoms with E-state index in [0.29, 0.717) is 17.4 Å². The van der Waals surface area contributed by atoms with Crippen molar-refractivity contribution in [2.24, 2.45) is 5.41 Å². The minimum absolute atomic E-state index is 0.0332. The summed E-state index contributed by atoms with van der Waals surface area (Å²) in [6, 6.07) is 5.65. The molecule has 1 amide bonds. The molecule has 1 spiro atoms. The van der Waals surface area contributed by atoms with Gasteiger partial charge in [0.1, 0.15) is 5.69 Å². The number of amides is 1. The van der Waals surface area contributed by atoms with E-state index < -0.39 is 0 Å². The van der Waals surface area contributed by atoms with Crippen molar-refractivity contribution in [3.63, 3.8) is 0 Å². The van der Waals surface area contributed by atoms with Gasteiger partial charge < -0.3 is 9.42 Å². The third-order valence-electron chi connectivity index (χ3n) is 5.57. The molecule has 2 fully saturated rings. The van der Waals surface area contributed by atoms with Gasteiger partial charge in [-0.1, -0.05) is 11.2 Å². The van der Waals surface area contributed by atoms with Crippen molar-refractivity contribution in [1.82, 2.24) is 24.9 Å². The van der Waals surface area contributed by atoms with E-state index in [1.807, 2.05) is 24.0 Å². The number of hydrogen-bond donors (Lipinski definition) is 0. The number of aromatic nitrogens is 3. The zero-order chi connectivity index (χ0) is 17.4. The van der Waals surface area contributed by atoms with Crippen molar-refractivity contribution in [2.45, 2.75) is 32.2 Å². The van der Waals surface area contributed by atoms with Crippen molar-refractivity contribution < 1.29 is 9.32 Å². The summed E-state index contributed by atoms with van der Waals surface area (Å²) in [4.78, 5) is 25.4. The molecule has 2 aliphatic rings. The predicted molar refractivity (Wildman–Crippen MR) is 90.8 cm³/mol. The predicted octanol–water partition coefficient (Wildman–Crippen LogP) is 2.07. The summed E-state index contributed by atoms with van der Waals surface area (Å²) in [5.41, 5.74) is 0.754. The molecule has 7 nitrogen and oxygen atoms in total. The van der Waals surface area contributed by atoms with Gasteiger partial charge in [0.2, 0.25) is 5.89 Å². The van der Waals surface area contributed by atoms with E-state index in [1.54, 1.807) is 12.3 Å². The van der Waals surface area contributed by atoms with Crippen LogP contribution in [0.15, 0.2) is 28.9 Å². The molecule has 1 atom stereocenters. The third-order valence-corrected chi connectivity index (χ3v) is 5.57. The number of nitrogens with zero attached hydrogens (tertiary/aromatic N) is 5. The van der Waals surface area contributed by atoms with E-state index in [9.17, 15) is 4.79 Å². The fourth-order valence-corrected chi connectivity index (χ4v) is 4.19. The van der Waals surface area contributed by atoms with Crippen LogP contribution in [0.25, 0.3) is 0 Å². The van der Waals surface area contributed by atoms with E-state index in [-0.39, 0.29) is 17.4 Å². The highest BCUT2D eigenvalue weighted by Crippen LogP contribution is 2.47. The lowest BCUT2D eigenvalue weighted by Gasteiger charge is -2.39. The summed E-state index contributed by atoms with van der Waals surface area (Å²) < 4.78 is 5.39. The Hall–Kier alpha value is -2.28. The van der Waals surface area contributed by atoms with E-state index in [0.717, 1.165) is 38.9 Å². The largest absolute Gasteiger partial charge is 0.338 e. The van der Waals surface area contributed by atoms with Gasteiger partial charge in [0, 0.05) is 25.8 Å². The van der Waals surface area contributed by atoms with Gasteiger partial charge in [-0.25, -0.2) is 0 Å². The molecule has 0 aliphatic carbocycles. The number of piperidine rings is 1. The summed E-state index contributed by atoms with van der Waals surface area (Å²) in [6.07, 6.45) is 4.68. The van der Waals surface area contributed by atoms with Crippen molar-refractivity contribution in [3.8, 4) is 0 Å². The average Bonchev–Trinajstić information content (AvgIpc) is 3.19. The molecule has 2 aliphatic heterocycles. The summed E-state index contributed by atoms with van der Waals surface area (Å²) in [5, 5.41) is 3.93. The fraction of sp³-hybridized carbons (Fsp3) is 0.556. The maximum absolute atomic E-state index is 12.6. The number of aryl methyl sites for hydroxylation is 1. The van der Waals surface area contributed by atoms with Crippen LogP contribution >= 0.6 is 0 Å². The fourth-order valence-electron chi connectivity index (χ4n) is 4.19. The Labute approximate surface area is 147 Å². The Kier molecular flexibility index (Phi) is 4.03. The van der Waals surface area contributed by atoms with E-state index in [4.69, 9.17) is 4.52 Å². The molecule has 0 aromatic carbocycles. The van der Waals surface area contributed by atoms with Crippen LogP contribution < -0.4 is 0 Å². The molecule has 0 bridgehead atoms. The number of rotatable bonds is 2. The second-order valence-electron chi connectivity index (χ2n) is 7.32. The molecule has 2 saturated heterocycles. The Morgan fingerprint density at radius 2 is 2.12 bits per heavy atom. The Morgan fingerprint density at radius 1 is 1.32 bits per heavy atom. The summed E-state index contributed by atoms with van der Waals surface area (Å²) >= 11 is 0. The van der Waals surface area contributed by atoms with Gasteiger partial charge in [-0.2, -0.15) is 4.98 Å². The molecule has 7 heteroatoms.